The molecule has 21 heavy (non-hydrogen) atoms. The van der Waals surface area contributed by atoms with Crippen molar-refractivity contribution in [3.05, 3.63) is 0 Å². The lowest BCUT2D eigenvalue weighted by molar-refractivity contribution is -0.167. The molecule has 0 bridgehead atoms. The Morgan fingerprint density at radius 1 is 0.905 bits per heavy atom. The van der Waals surface area contributed by atoms with E-state index in [2.05, 4.69) is 0 Å². The second-order valence-corrected chi connectivity index (χ2v) is 6.91. The van der Waals surface area contributed by atoms with Crippen LogP contribution in [-0.4, -0.2) is 25.2 Å². The maximum Gasteiger partial charge on any atom is 0.312 e. The fourth-order valence-electron chi connectivity index (χ4n) is 2.14. The summed E-state index contributed by atoms with van der Waals surface area (Å²) >= 11 is 0. The summed E-state index contributed by atoms with van der Waals surface area (Å²) in [5.74, 6) is -0.00909. The first-order valence-electron chi connectivity index (χ1n) is 7.98. The van der Waals surface area contributed by atoms with E-state index in [4.69, 9.17) is 9.47 Å². The molecule has 0 aromatic heterocycles. The molecule has 0 aliphatic carbocycles. The summed E-state index contributed by atoms with van der Waals surface area (Å²) < 4.78 is 10.6. The van der Waals surface area contributed by atoms with Crippen LogP contribution >= 0.6 is 0 Å². The number of rotatable bonds is 9. The maximum atomic E-state index is 12.5. The molecule has 1 unspecified atom stereocenters. The van der Waals surface area contributed by atoms with Gasteiger partial charge in [0.2, 0.25) is 0 Å². The van der Waals surface area contributed by atoms with Gasteiger partial charge in [0.15, 0.2) is 0 Å². The van der Waals surface area contributed by atoms with Gasteiger partial charge in [-0.05, 0) is 24.2 Å². The molecule has 0 aromatic carbocycles. The van der Waals surface area contributed by atoms with Crippen molar-refractivity contribution in [2.45, 2.75) is 61.3 Å². The number of esters is 2. The van der Waals surface area contributed by atoms with Crippen molar-refractivity contribution < 1.29 is 19.1 Å². The molecule has 4 heteroatoms. The topological polar surface area (TPSA) is 52.6 Å². The second-order valence-electron chi connectivity index (χ2n) is 6.91. The smallest absolute Gasteiger partial charge is 0.312 e. The lowest BCUT2D eigenvalue weighted by Crippen LogP contribution is -2.40. The fourth-order valence-corrected chi connectivity index (χ4v) is 2.14. The number of hydrogen-bond acceptors (Lipinski definition) is 4. The predicted octanol–water partition coefficient (Wildman–Crippen LogP) is 3.83. The number of hydrogen-bond donors (Lipinski definition) is 0. The zero-order valence-electron chi connectivity index (χ0n) is 14.7. The van der Waals surface area contributed by atoms with Gasteiger partial charge in [-0.25, -0.2) is 0 Å². The molecule has 0 aliphatic rings. The van der Waals surface area contributed by atoms with Gasteiger partial charge in [-0.2, -0.15) is 0 Å². The Hall–Kier alpha value is -1.06. The van der Waals surface area contributed by atoms with E-state index in [0.717, 1.165) is 0 Å². The molecule has 0 spiro atoms. The average molecular weight is 300 g/mol. The summed E-state index contributed by atoms with van der Waals surface area (Å²) in [6, 6.07) is 0. The van der Waals surface area contributed by atoms with E-state index in [9.17, 15) is 9.59 Å². The Bertz CT molecular complexity index is 334. The van der Waals surface area contributed by atoms with Crippen molar-refractivity contribution in [1.82, 2.24) is 0 Å². The Labute approximate surface area is 129 Å². The van der Waals surface area contributed by atoms with Gasteiger partial charge < -0.3 is 9.47 Å². The van der Waals surface area contributed by atoms with Crippen LogP contribution in [0.5, 0.6) is 0 Å². The van der Waals surface area contributed by atoms with E-state index >= 15 is 0 Å². The van der Waals surface area contributed by atoms with Gasteiger partial charge in [0.1, 0.15) is 0 Å². The Balaban J connectivity index is 4.91. The van der Waals surface area contributed by atoms with Crippen molar-refractivity contribution in [1.29, 1.82) is 0 Å². The molecule has 0 saturated heterocycles. The SMILES string of the molecule is CCC(CC(=O)OCC(C)C)(C(=O)OCC(C)C)C(C)C. The summed E-state index contributed by atoms with van der Waals surface area (Å²) in [7, 11) is 0. The van der Waals surface area contributed by atoms with Crippen LogP contribution in [-0.2, 0) is 19.1 Å². The van der Waals surface area contributed by atoms with Crippen LogP contribution in [0.4, 0.5) is 0 Å². The lowest BCUT2D eigenvalue weighted by Gasteiger charge is -2.33. The maximum absolute atomic E-state index is 12.5. The molecule has 4 nitrogen and oxygen atoms in total. The summed E-state index contributed by atoms with van der Waals surface area (Å²) in [6.07, 6.45) is 0.656. The number of ether oxygens (including phenoxy) is 2. The van der Waals surface area contributed by atoms with E-state index in [1.807, 2.05) is 48.5 Å². The average Bonchev–Trinajstić information content (AvgIpc) is 2.39. The molecule has 0 amide bonds. The van der Waals surface area contributed by atoms with Gasteiger partial charge in [-0.3, -0.25) is 9.59 Å². The largest absolute Gasteiger partial charge is 0.465 e. The Kier molecular flexibility index (Phi) is 8.60. The zero-order valence-corrected chi connectivity index (χ0v) is 14.7. The molecule has 1 atom stereocenters. The first-order chi connectivity index (χ1) is 9.65. The molecule has 0 radical (unpaired) electrons. The minimum absolute atomic E-state index is 0.0220. The molecule has 0 aliphatic heterocycles. The molecule has 124 valence electrons. The van der Waals surface area contributed by atoms with Gasteiger partial charge in [0, 0.05) is 0 Å². The van der Waals surface area contributed by atoms with Crippen LogP contribution in [0.2, 0.25) is 0 Å². The summed E-state index contributed by atoms with van der Waals surface area (Å²) in [5.41, 5.74) is -0.789. The molecule has 0 N–H and O–H groups in total. The van der Waals surface area contributed by atoms with Crippen molar-refractivity contribution in [3.8, 4) is 0 Å². The Morgan fingerprint density at radius 2 is 1.38 bits per heavy atom. The fraction of sp³-hybridized carbons (Fsp3) is 0.882. The normalized spacial score (nSPS) is 14.4. The van der Waals surface area contributed by atoms with Crippen molar-refractivity contribution in [2.24, 2.45) is 23.2 Å². The van der Waals surface area contributed by atoms with E-state index in [1.54, 1.807) is 0 Å². The standard InChI is InChI=1S/C17H32O4/c1-8-17(14(6)7,16(19)21-11-13(4)5)9-15(18)20-10-12(2)3/h12-14H,8-11H2,1-7H3. The third kappa shape index (κ3) is 6.49. The van der Waals surface area contributed by atoms with Crippen LogP contribution in [0.15, 0.2) is 0 Å². The van der Waals surface area contributed by atoms with Crippen LogP contribution in [0.25, 0.3) is 0 Å². The first-order valence-corrected chi connectivity index (χ1v) is 7.98. The summed E-state index contributed by atoms with van der Waals surface area (Å²) in [6.45, 7) is 14.6. The molecule has 0 aromatic rings. The molecule has 0 fully saturated rings. The van der Waals surface area contributed by atoms with Crippen LogP contribution in [0.1, 0.15) is 61.3 Å². The highest BCUT2D eigenvalue weighted by atomic mass is 16.5. The Morgan fingerprint density at radius 3 is 1.76 bits per heavy atom. The highest BCUT2D eigenvalue weighted by Crippen LogP contribution is 2.37. The van der Waals surface area contributed by atoms with Gasteiger partial charge in [0.25, 0.3) is 0 Å². The lowest BCUT2D eigenvalue weighted by atomic mass is 9.72. The molecular weight excluding hydrogens is 268 g/mol. The van der Waals surface area contributed by atoms with Crippen LogP contribution in [0.3, 0.4) is 0 Å². The molecular formula is C17H32O4. The van der Waals surface area contributed by atoms with E-state index in [1.165, 1.54) is 0 Å². The van der Waals surface area contributed by atoms with E-state index < -0.39 is 5.41 Å². The van der Waals surface area contributed by atoms with Crippen LogP contribution in [0, 0.1) is 23.2 Å². The molecule has 0 heterocycles. The number of carbonyl (C=O) groups is 2. The summed E-state index contributed by atoms with van der Waals surface area (Å²) in [4.78, 5) is 24.5. The monoisotopic (exact) mass is 300 g/mol. The highest BCUT2D eigenvalue weighted by Gasteiger charge is 2.43. The van der Waals surface area contributed by atoms with Gasteiger partial charge in [-0.15, -0.1) is 0 Å². The van der Waals surface area contributed by atoms with E-state index in [0.29, 0.717) is 19.6 Å². The van der Waals surface area contributed by atoms with Gasteiger partial charge >= 0.3 is 11.9 Å². The highest BCUT2D eigenvalue weighted by molar-refractivity contribution is 5.83. The van der Waals surface area contributed by atoms with Gasteiger partial charge in [-0.1, -0.05) is 48.5 Å². The minimum atomic E-state index is -0.789. The molecule has 0 saturated carbocycles. The quantitative estimate of drug-likeness (QED) is 0.607. The van der Waals surface area contributed by atoms with Crippen molar-refractivity contribution >= 4 is 11.9 Å². The first kappa shape index (κ1) is 19.9. The van der Waals surface area contributed by atoms with Crippen molar-refractivity contribution in [2.75, 3.05) is 13.2 Å². The van der Waals surface area contributed by atoms with E-state index in [-0.39, 0.29) is 36.1 Å². The van der Waals surface area contributed by atoms with Crippen molar-refractivity contribution in [3.63, 3.8) is 0 Å². The third-order valence-corrected chi connectivity index (χ3v) is 3.73. The minimum Gasteiger partial charge on any atom is -0.465 e. The predicted molar refractivity (Wildman–Crippen MR) is 83.8 cm³/mol. The zero-order chi connectivity index (χ0) is 16.6. The second kappa shape index (κ2) is 9.06. The summed E-state index contributed by atoms with van der Waals surface area (Å²) in [5, 5.41) is 0. The van der Waals surface area contributed by atoms with Crippen LogP contribution < -0.4 is 0 Å². The third-order valence-electron chi connectivity index (χ3n) is 3.73. The number of carbonyl (C=O) groups excluding carboxylic acids is 2. The van der Waals surface area contributed by atoms with Gasteiger partial charge in [0.05, 0.1) is 25.0 Å². The molecule has 0 rings (SSSR count).